The van der Waals surface area contributed by atoms with Crippen LogP contribution < -0.4 is 4.74 Å². The second-order valence-corrected chi connectivity index (χ2v) is 6.09. The summed E-state index contributed by atoms with van der Waals surface area (Å²) in [4.78, 5) is 14.3. The Bertz CT molecular complexity index is 757. The number of ether oxygens (including phenoxy) is 2. The van der Waals surface area contributed by atoms with E-state index in [1.165, 1.54) is 12.1 Å². The van der Waals surface area contributed by atoms with Gasteiger partial charge >= 0.3 is 6.36 Å². The van der Waals surface area contributed by atoms with Crippen LogP contribution in [0.25, 0.3) is 0 Å². The molecule has 1 fully saturated rings. The number of aryl methyl sites for hydroxylation is 1. The van der Waals surface area contributed by atoms with Crippen LogP contribution in [-0.4, -0.2) is 36.9 Å². The highest BCUT2D eigenvalue weighted by Gasteiger charge is 2.31. The molecule has 1 saturated heterocycles. The van der Waals surface area contributed by atoms with Crippen molar-refractivity contribution in [1.29, 1.82) is 0 Å². The molecule has 0 aromatic heterocycles. The van der Waals surface area contributed by atoms with Crippen LogP contribution in [0.4, 0.5) is 13.2 Å². The van der Waals surface area contributed by atoms with E-state index in [0.717, 1.165) is 23.3 Å². The molecule has 1 aliphatic rings. The lowest BCUT2D eigenvalue weighted by Crippen LogP contribution is -2.42. The Morgan fingerprint density at radius 2 is 1.77 bits per heavy atom. The third-order valence-corrected chi connectivity index (χ3v) is 4.14. The summed E-state index contributed by atoms with van der Waals surface area (Å²) >= 11 is 0. The van der Waals surface area contributed by atoms with Crippen LogP contribution in [0, 0.1) is 6.92 Å². The third-order valence-electron chi connectivity index (χ3n) is 4.14. The predicted octanol–water partition coefficient (Wildman–Crippen LogP) is 4.11. The zero-order valence-electron chi connectivity index (χ0n) is 14.1. The Labute approximate surface area is 149 Å². The summed E-state index contributed by atoms with van der Waals surface area (Å²) in [5.41, 5.74) is 2.43. The summed E-state index contributed by atoms with van der Waals surface area (Å²) in [6.07, 6.45) is -4.97. The van der Waals surface area contributed by atoms with Gasteiger partial charge in [-0.25, -0.2) is 0 Å². The number of carbonyl (C=O) groups excluding carboxylic acids is 1. The Morgan fingerprint density at radius 1 is 1.12 bits per heavy atom. The SMILES string of the molecule is Cc1ccc(C2CN(C(=O)c3ccc(OC(F)(F)F)cc3)CCO2)cc1. The van der Waals surface area contributed by atoms with Crippen molar-refractivity contribution in [2.75, 3.05) is 19.7 Å². The molecule has 2 aromatic rings. The molecule has 0 spiro atoms. The summed E-state index contributed by atoms with van der Waals surface area (Å²) in [5, 5.41) is 0. The van der Waals surface area contributed by atoms with Crippen molar-refractivity contribution in [3.63, 3.8) is 0 Å². The zero-order valence-corrected chi connectivity index (χ0v) is 14.1. The first-order valence-electron chi connectivity index (χ1n) is 8.15. The van der Waals surface area contributed by atoms with Gasteiger partial charge in [0.05, 0.1) is 13.2 Å². The van der Waals surface area contributed by atoms with Gasteiger partial charge in [-0.15, -0.1) is 13.2 Å². The molecule has 26 heavy (non-hydrogen) atoms. The second kappa shape index (κ2) is 7.37. The Morgan fingerprint density at radius 3 is 2.38 bits per heavy atom. The number of nitrogens with zero attached hydrogens (tertiary/aromatic N) is 1. The van der Waals surface area contributed by atoms with Gasteiger partial charge in [0.1, 0.15) is 11.9 Å². The van der Waals surface area contributed by atoms with Crippen LogP contribution in [0.3, 0.4) is 0 Å². The van der Waals surface area contributed by atoms with Gasteiger partial charge in [0.2, 0.25) is 0 Å². The van der Waals surface area contributed by atoms with Crippen molar-refractivity contribution in [2.45, 2.75) is 19.4 Å². The maximum absolute atomic E-state index is 12.6. The number of rotatable bonds is 3. The first-order chi connectivity index (χ1) is 12.3. The van der Waals surface area contributed by atoms with Crippen molar-refractivity contribution in [3.8, 4) is 5.75 Å². The van der Waals surface area contributed by atoms with Gasteiger partial charge in [-0.2, -0.15) is 0 Å². The second-order valence-electron chi connectivity index (χ2n) is 6.09. The number of hydrogen-bond donors (Lipinski definition) is 0. The minimum Gasteiger partial charge on any atom is -0.406 e. The maximum Gasteiger partial charge on any atom is 0.573 e. The Hall–Kier alpha value is -2.54. The predicted molar refractivity (Wildman–Crippen MR) is 88.9 cm³/mol. The third kappa shape index (κ3) is 4.54. The van der Waals surface area contributed by atoms with Gasteiger partial charge in [0.15, 0.2) is 0 Å². The fourth-order valence-corrected chi connectivity index (χ4v) is 2.80. The molecule has 0 N–H and O–H groups in total. The zero-order chi connectivity index (χ0) is 18.7. The highest BCUT2D eigenvalue weighted by atomic mass is 19.4. The molecule has 0 bridgehead atoms. The molecule has 1 amide bonds. The van der Waals surface area contributed by atoms with Crippen molar-refractivity contribution in [3.05, 3.63) is 65.2 Å². The van der Waals surface area contributed by atoms with Crippen LogP contribution in [0.5, 0.6) is 5.75 Å². The molecule has 7 heteroatoms. The standard InChI is InChI=1S/C19H18F3NO3/c1-13-2-4-14(5-3-13)17-12-23(10-11-25-17)18(24)15-6-8-16(9-7-15)26-19(20,21)22/h2-9,17H,10-12H2,1H3. The monoisotopic (exact) mass is 365 g/mol. The quantitative estimate of drug-likeness (QED) is 0.822. The van der Waals surface area contributed by atoms with Crippen molar-refractivity contribution in [1.82, 2.24) is 4.90 Å². The summed E-state index contributed by atoms with van der Waals surface area (Å²) in [6.45, 7) is 3.22. The van der Waals surface area contributed by atoms with Gasteiger partial charge < -0.3 is 14.4 Å². The Kier molecular flexibility index (Phi) is 5.18. The van der Waals surface area contributed by atoms with Gasteiger partial charge in [-0.05, 0) is 36.8 Å². The number of benzene rings is 2. The van der Waals surface area contributed by atoms with Crippen LogP contribution in [0.1, 0.15) is 27.6 Å². The molecular formula is C19H18F3NO3. The molecule has 3 rings (SSSR count). The fourth-order valence-electron chi connectivity index (χ4n) is 2.80. The molecule has 4 nitrogen and oxygen atoms in total. The van der Waals surface area contributed by atoms with Gasteiger partial charge in [-0.1, -0.05) is 29.8 Å². The maximum atomic E-state index is 12.6. The molecule has 1 atom stereocenters. The molecule has 0 aliphatic carbocycles. The van der Waals surface area contributed by atoms with Crippen LogP contribution in [-0.2, 0) is 4.74 Å². The summed E-state index contributed by atoms with van der Waals surface area (Å²) < 4.78 is 46.2. The molecule has 0 saturated carbocycles. The van der Waals surface area contributed by atoms with E-state index in [9.17, 15) is 18.0 Å². The largest absolute Gasteiger partial charge is 0.573 e. The summed E-state index contributed by atoms with van der Waals surface area (Å²) in [5.74, 6) is -0.600. The van der Waals surface area contributed by atoms with E-state index >= 15 is 0 Å². The molecule has 2 aromatic carbocycles. The highest BCUT2D eigenvalue weighted by molar-refractivity contribution is 5.94. The van der Waals surface area contributed by atoms with Crippen LogP contribution in [0.2, 0.25) is 0 Å². The van der Waals surface area contributed by atoms with Crippen molar-refractivity contribution >= 4 is 5.91 Å². The normalized spacial score (nSPS) is 17.8. The minimum atomic E-state index is -4.75. The van der Waals surface area contributed by atoms with Gasteiger partial charge in [-0.3, -0.25) is 4.79 Å². The number of morpholine rings is 1. The number of hydrogen-bond acceptors (Lipinski definition) is 3. The number of carbonyl (C=O) groups is 1. The lowest BCUT2D eigenvalue weighted by atomic mass is 10.1. The van der Waals surface area contributed by atoms with E-state index in [4.69, 9.17) is 4.74 Å². The van der Waals surface area contributed by atoms with E-state index in [2.05, 4.69) is 4.74 Å². The van der Waals surface area contributed by atoms with E-state index in [-0.39, 0.29) is 17.8 Å². The average molecular weight is 365 g/mol. The topological polar surface area (TPSA) is 38.8 Å². The van der Waals surface area contributed by atoms with E-state index in [0.29, 0.717) is 25.3 Å². The van der Waals surface area contributed by atoms with Crippen LogP contribution in [0.15, 0.2) is 48.5 Å². The number of alkyl halides is 3. The molecule has 1 aliphatic heterocycles. The molecule has 0 radical (unpaired) electrons. The highest BCUT2D eigenvalue weighted by Crippen LogP contribution is 2.25. The number of halogens is 3. The molecule has 1 heterocycles. The first-order valence-corrected chi connectivity index (χ1v) is 8.15. The van der Waals surface area contributed by atoms with E-state index in [1.807, 2.05) is 31.2 Å². The van der Waals surface area contributed by atoms with E-state index in [1.54, 1.807) is 4.90 Å². The number of amides is 1. The lowest BCUT2D eigenvalue weighted by Gasteiger charge is -2.33. The summed E-state index contributed by atoms with van der Waals surface area (Å²) in [7, 11) is 0. The van der Waals surface area contributed by atoms with Crippen LogP contribution >= 0.6 is 0 Å². The fraction of sp³-hybridized carbons (Fsp3) is 0.316. The van der Waals surface area contributed by atoms with Crippen molar-refractivity contribution in [2.24, 2.45) is 0 Å². The van der Waals surface area contributed by atoms with Crippen molar-refractivity contribution < 1.29 is 27.4 Å². The van der Waals surface area contributed by atoms with Gasteiger partial charge in [0, 0.05) is 12.1 Å². The molecule has 138 valence electrons. The minimum absolute atomic E-state index is 0.221. The lowest BCUT2D eigenvalue weighted by molar-refractivity contribution is -0.274. The Balaban J connectivity index is 1.68. The average Bonchev–Trinajstić information content (AvgIpc) is 2.61. The molecular weight excluding hydrogens is 347 g/mol. The van der Waals surface area contributed by atoms with E-state index < -0.39 is 6.36 Å². The molecule has 1 unspecified atom stereocenters. The first kappa shape index (κ1) is 18.3. The summed E-state index contributed by atoms with van der Waals surface area (Å²) in [6, 6.07) is 12.9. The van der Waals surface area contributed by atoms with Gasteiger partial charge in [0.25, 0.3) is 5.91 Å². The smallest absolute Gasteiger partial charge is 0.406 e.